The van der Waals surface area contributed by atoms with E-state index < -0.39 is 11.7 Å². The summed E-state index contributed by atoms with van der Waals surface area (Å²) in [7, 11) is 0. The predicted molar refractivity (Wildman–Crippen MR) is 122 cm³/mol. The summed E-state index contributed by atoms with van der Waals surface area (Å²) in [5.41, 5.74) is -0.0806. The minimum Gasteiger partial charge on any atom is -0.494 e. The van der Waals surface area contributed by atoms with Crippen LogP contribution in [0.1, 0.15) is 25.2 Å². The van der Waals surface area contributed by atoms with Gasteiger partial charge in [0.2, 0.25) is 0 Å². The molecule has 3 heterocycles. The Balaban J connectivity index is 1.78. The van der Waals surface area contributed by atoms with Crippen molar-refractivity contribution < 1.29 is 22.6 Å². The van der Waals surface area contributed by atoms with E-state index in [9.17, 15) is 13.2 Å². The minimum absolute atomic E-state index is 0.0634. The van der Waals surface area contributed by atoms with Gasteiger partial charge in [-0.25, -0.2) is 15.0 Å². The number of ether oxygens (including phenoxy) is 2. The summed E-state index contributed by atoms with van der Waals surface area (Å²) >= 11 is 0. The van der Waals surface area contributed by atoms with Crippen LogP contribution in [-0.2, 0) is 17.5 Å². The van der Waals surface area contributed by atoms with Crippen LogP contribution in [0.15, 0.2) is 54.7 Å². The van der Waals surface area contributed by atoms with E-state index in [1.165, 1.54) is 18.3 Å². The van der Waals surface area contributed by atoms with E-state index in [1.54, 1.807) is 6.07 Å². The summed E-state index contributed by atoms with van der Waals surface area (Å²) in [5.74, 6) is 1.55. The highest BCUT2D eigenvalue weighted by molar-refractivity contribution is 5.90. The Kier molecular flexibility index (Phi) is 6.87. The number of anilines is 2. The second-order valence-corrected chi connectivity index (χ2v) is 7.17. The number of alkyl halides is 3. The molecule has 0 unspecified atom stereocenters. The Bertz CT molecular complexity index is 1280. The van der Waals surface area contributed by atoms with Crippen LogP contribution in [-0.4, -0.2) is 33.1 Å². The van der Waals surface area contributed by atoms with Crippen molar-refractivity contribution in [1.82, 2.24) is 19.9 Å². The van der Waals surface area contributed by atoms with E-state index in [2.05, 4.69) is 25.3 Å². The zero-order valence-electron chi connectivity index (χ0n) is 18.6. The Hall–Kier alpha value is -3.79. The highest BCUT2D eigenvalue weighted by Crippen LogP contribution is 2.36. The van der Waals surface area contributed by atoms with Gasteiger partial charge in [-0.3, -0.25) is 4.98 Å². The first-order chi connectivity index (χ1) is 16.4. The van der Waals surface area contributed by atoms with E-state index in [1.807, 2.05) is 38.1 Å². The number of halogens is 3. The monoisotopic (exact) mass is 469 g/mol. The summed E-state index contributed by atoms with van der Waals surface area (Å²) in [4.78, 5) is 17.3. The number of benzene rings is 1. The molecular weight excluding hydrogens is 447 g/mol. The molecule has 10 heteroatoms. The van der Waals surface area contributed by atoms with Crippen LogP contribution < -0.4 is 10.1 Å². The SMILES string of the molecule is CCOCc1nc(Nc2ccc(OCC)cc2)c2ccc(-c3ncccc3C(F)(F)F)nc2n1. The molecule has 4 rings (SSSR count). The number of aromatic nitrogens is 4. The van der Waals surface area contributed by atoms with Gasteiger partial charge in [0.15, 0.2) is 11.5 Å². The molecule has 0 saturated heterocycles. The van der Waals surface area contributed by atoms with E-state index in [0.29, 0.717) is 30.2 Å². The fraction of sp³-hybridized carbons (Fsp3) is 0.250. The highest BCUT2D eigenvalue weighted by Gasteiger charge is 2.34. The van der Waals surface area contributed by atoms with E-state index in [4.69, 9.17) is 9.47 Å². The highest BCUT2D eigenvalue weighted by atomic mass is 19.4. The van der Waals surface area contributed by atoms with Crippen LogP contribution in [0.5, 0.6) is 5.75 Å². The normalized spacial score (nSPS) is 11.6. The van der Waals surface area contributed by atoms with Crippen LogP contribution in [0.4, 0.5) is 24.7 Å². The lowest BCUT2D eigenvalue weighted by Crippen LogP contribution is -2.09. The van der Waals surface area contributed by atoms with Crippen LogP contribution in [0, 0.1) is 0 Å². The van der Waals surface area contributed by atoms with Crippen molar-refractivity contribution in [3.63, 3.8) is 0 Å². The second-order valence-electron chi connectivity index (χ2n) is 7.17. The maximum atomic E-state index is 13.5. The third-order valence-electron chi connectivity index (χ3n) is 4.83. The summed E-state index contributed by atoms with van der Waals surface area (Å²) in [5, 5.41) is 3.77. The molecule has 0 bridgehead atoms. The number of fused-ring (bicyclic) bond motifs is 1. The molecule has 0 atom stereocenters. The predicted octanol–water partition coefficient (Wildman–Crippen LogP) is 5.78. The van der Waals surface area contributed by atoms with Crippen molar-refractivity contribution in [3.05, 3.63) is 66.1 Å². The molecule has 0 fully saturated rings. The molecule has 0 spiro atoms. The van der Waals surface area contributed by atoms with Gasteiger partial charge >= 0.3 is 6.18 Å². The largest absolute Gasteiger partial charge is 0.494 e. The number of nitrogens with one attached hydrogen (secondary N) is 1. The average molecular weight is 469 g/mol. The van der Waals surface area contributed by atoms with Crippen molar-refractivity contribution in [2.75, 3.05) is 18.5 Å². The number of rotatable bonds is 8. The summed E-state index contributed by atoms with van der Waals surface area (Å²) in [6.07, 6.45) is -3.26. The fourth-order valence-corrected chi connectivity index (χ4v) is 3.32. The van der Waals surface area contributed by atoms with Crippen molar-refractivity contribution in [1.29, 1.82) is 0 Å². The lowest BCUT2D eigenvalue weighted by molar-refractivity contribution is -0.137. The van der Waals surface area contributed by atoms with Gasteiger partial charge in [0.05, 0.1) is 23.3 Å². The van der Waals surface area contributed by atoms with Gasteiger partial charge in [-0.15, -0.1) is 0 Å². The fourth-order valence-electron chi connectivity index (χ4n) is 3.32. The van der Waals surface area contributed by atoms with Gasteiger partial charge in [-0.1, -0.05) is 0 Å². The molecule has 0 saturated carbocycles. The molecule has 176 valence electrons. The maximum absolute atomic E-state index is 13.5. The van der Waals surface area contributed by atoms with Crippen molar-refractivity contribution in [3.8, 4) is 17.1 Å². The van der Waals surface area contributed by atoms with Gasteiger partial charge in [-0.05, 0) is 62.4 Å². The standard InChI is InChI=1S/C24H22F3N5O2/c1-3-33-14-20-31-22(29-15-7-9-16(10-8-15)34-4-2)17-11-12-19(30-23(17)32-20)21-18(24(25,26)27)6-5-13-28-21/h5-13H,3-4,14H2,1-2H3,(H,29,30,31,32). The Morgan fingerprint density at radius 3 is 2.41 bits per heavy atom. The Labute approximate surface area is 194 Å². The van der Waals surface area contributed by atoms with Gasteiger partial charge in [-0.2, -0.15) is 13.2 Å². The zero-order chi connectivity index (χ0) is 24.1. The molecule has 1 aromatic carbocycles. The molecular formula is C24H22F3N5O2. The number of nitrogens with zero attached hydrogens (tertiary/aromatic N) is 4. The molecule has 0 aliphatic carbocycles. The molecule has 0 aliphatic heterocycles. The van der Waals surface area contributed by atoms with E-state index >= 15 is 0 Å². The van der Waals surface area contributed by atoms with Gasteiger partial charge in [0, 0.05) is 18.5 Å². The summed E-state index contributed by atoms with van der Waals surface area (Å²) < 4.78 is 51.4. The van der Waals surface area contributed by atoms with E-state index in [0.717, 1.165) is 17.5 Å². The van der Waals surface area contributed by atoms with Gasteiger partial charge < -0.3 is 14.8 Å². The van der Waals surface area contributed by atoms with Crippen LogP contribution in [0.3, 0.4) is 0 Å². The Morgan fingerprint density at radius 2 is 1.71 bits per heavy atom. The number of hydrogen-bond donors (Lipinski definition) is 1. The third kappa shape index (κ3) is 5.23. The lowest BCUT2D eigenvalue weighted by Gasteiger charge is -2.14. The minimum atomic E-state index is -4.56. The van der Waals surface area contributed by atoms with Crippen molar-refractivity contribution in [2.45, 2.75) is 26.6 Å². The molecule has 3 aromatic heterocycles. The lowest BCUT2D eigenvalue weighted by atomic mass is 10.1. The zero-order valence-corrected chi connectivity index (χ0v) is 18.6. The third-order valence-corrected chi connectivity index (χ3v) is 4.83. The number of pyridine rings is 2. The molecule has 0 radical (unpaired) electrons. The smallest absolute Gasteiger partial charge is 0.418 e. The molecule has 0 amide bonds. The van der Waals surface area contributed by atoms with Crippen LogP contribution in [0.2, 0.25) is 0 Å². The molecule has 34 heavy (non-hydrogen) atoms. The van der Waals surface area contributed by atoms with Crippen molar-refractivity contribution in [2.24, 2.45) is 0 Å². The van der Waals surface area contributed by atoms with Gasteiger partial charge in [0.25, 0.3) is 0 Å². The topological polar surface area (TPSA) is 82.0 Å². The number of hydrogen-bond acceptors (Lipinski definition) is 7. The van der Waals surface area contributed by atoms with E-state index in [-0.39, 0.29) is 23.6 Å². The molecule has 0 aliphatic rings. The van der Waals surface area contributed by atoms with Crippen molar-refractivity contribution >= 4 is 22.5 Å². The first-order valence-corrected chi connectivity index (χ1v) is 10.7. The molecule has 7 nitrogen and oxygen atoms in total. The van der Waals surface area contributed by atoms with Crippen LogP contribution >= 0.6 is 0 Å². The maximum Gasteiger partial charge on any atom is 0.418 e. The second kappa shape index (κ2) is 10.0. The first kappa shape index (κ1) is 23.4. The van der Waals surface area contributed by atoms with Gasteiger partial charge in [0.1, 0.15) is 23.9 Å². The molecule has 4 aromatic rings. The Morgan fingerprint density at radius 1 is 0.912 bits per heavy atom. The summed E-state index contributed by atoms with van der Waals surface area (Å²) in [6.45, 7) is 4.90. The molecule has 1 N–H and O–H groups in total. The van der Waals surface area contributed by atoms with Crippen LogP contribution in [0.25, 0.3) is 22.4 Å². The average Bonchev–Trinajstić information content (AvgIpc) is 2.83. The first-order valence-electron chi connectivity index (χ1n) is 10.7. The summed E-state index contributed by atoms with van der Waals surface area (Å²) in [6, 6.07) is 12.7. The quantitative estimate of drug-likeness (QED) is 0.350.